The number of hydrogen-bond donors (Lipinski definition) is 2. The lowest BCUT2D eigenvalue weighted by Gasteiger charge is -2.34. The lowest BCUT2D eigenvalue weighted by Crippen LogP contribution is -2.48. The summed E-state index contributed by atoms with van der Waals surface area (Å²) in [5.74, 6) is 1.31. The third kappa shape index (κ3) is 5.64. The topological polar surface area (TPSA) is 128 Å². The Balaban J connectivity index is 1.39. The Morgan fingerprint density at radius 1 is 1.26 bits per heavy atom. The van der Waals surface area contributed by atoms with Crippen molar-refractivity contribution in [1.82, 2.24) is 34.6 Å². The van der Waals surface area contributed by atoms with Crippen LogP contribution in [0.5, 0.6) is 11.5 Å². The minimum atomic E-state index is -0.249. The summed E-state index contributed by atoms with van der Waals surface area (Å²) in [4.78, 5) is 22.2. The zero-order valence-corrected chi connectivity index (χ0v) is 23.8. The third-order valence-electron chi connectivity index (χ3n) is 6.68. The predicted molar refractivity (Wildman–Crippen MR) is 152 cm³/mol. The SMILES string of the molecule is COc1ccc(-n2ncc(OCCN(C)C)c2C(=O)N[C@@H]2CCCN(c3cc(Br)n4ncnc(N)c34)C2)cc1. The fourth-order valence-corrected chi connectivity index (χ4v) is 5.21. The van der Waals surface area contributed by atoms with Crippen molar-refractivity contribution in [3.05, 3.63) is 53.2 Å². The lowest BCUT2D eigenvalue weighted by molar-refractivity contribution is 0.0920. The highest BCUT2D eigenvalue weighted by Crippen LogP contribution is 2.33. The molecule has 1 atom stereocenters. The maximum Gasteiger partial charge on any atom is 0.274 e. The largest absolute Gasteiger partial charge is 0.497 e. The van der Waals surface area contributed by atoms with E-state index in [2.05, 4.69) is 41.3 Å². The first-order valence-corrected chi connectivity index (χ1v) is 13.5. The molecular weight excluding hydrogens is 566 g/mol. The van der Waals surface area contributed by atoms with Crippen LogP contribution < -0.4 is 25.4 Å². The van der Waals surface area contributed by atoms with Gasteiger partial charge in [0.05, 0.1) is 24.7 Å². The Morgan fingerprint density at radius 3 is 2.79 bits per heavy atom. The standard InChI is InChI=1S/C26H32BrN9O3/c1-33(2)11-12-39-21-14-30-35(18-6-8-19(38-3)9-7-18)24(21)26(37)32-17-5-4-10-34(15-17)20-13-22(27)36-23(20)25(28)29-16-31-36/h6-9,13-14,16-17H,4-5,10-12,15H2,1-3H3,(H,32,37)(H2,28,29,31)/t17-/m1/s1. The van der Waals surface area contributed by atoms with Crippen LogP contribution in [0.25, 0.3) is 11.2 Å². The normalized spacial score (nSPS) is 15.6. The molecule has 1 aromatic carbocycles. The van der Waals surface area contributed by atoms with E-state index in [1.165, 1.54) is 6.33 Å². The summed E-state index contributed by atoms with van der Waals surface area (Å²) in [5.41, 5.74) is 8.95. The van der Waals surface area contributed by atoms with Gasteiger partial charge in [-0.05, 0) is 73.2 Å². The molecule has 1 aliphatic heterocycles. The monoisotopic (exact) mass is 597 g/mol. The van der Waals surface area contributed by atoms with Crippen LogP contribution in [0.15, 0.2) is 47.5 Å². The summed E-state index contributed by atoms with van der Waals surface area (Å²) < 4.78 is 15.4. The van der Waals surface area contributed by atoms with Gasteiger partial charge in [0.15, 0.2) is 17.3 Å². The average Bonchev–Trinajstić information content (AvgIpc) is 3.51. The van der Waals surface area contributed by atoms with Gasteiger partial charge in [0, 0.05) is 25.7 Å². The van der Waals surface area contributed by atoms with E-state index in [0.29, 0.717) is 37.0 Å². The fraction of sp³-hybridized carbons (Fsp3) is 0.385. The van der Waals surface area contributed by atoms with Gasteiger partial charge in [-0.25, -0.2) is 14.2 Å². The highest BCUT2D eigenvalue weighted by molar-refractivity contribution is 9.10. The molecule has 206 valence electrons. The summed E-state index contributed by atoms with van der Waals surface area (Å²) in [6.45, 7) is 2.58. The van der Waals surface area contributed by atoms with E-state index in [1.807, 2.05) is 49.3 Å². The zero-order valence-electron chi connectivity index (χ0n) is 22.2. The fourth-order valence-electron chi connectivity index (χ4n) is 4.72. The smallest absolute Gasteiger partial charge is 0.274 e. The maximum absolute atomic E-state index is 13.8. The number of fused-ring (bicyclic) bond motifs is 1. The van der Waals surface area contributed by atoms with Gasteiger partial charge in [-0.3, -0.25) is 4.79 Å². The molecule has 0 aliphatic carbocycles. The van der Waals surface area contributed by atoms with Crippen LogP contribution in [-0.4, -0.2) is 88.7 Å². The van der Waals surface area contributed by atoms with Crippen LogP contribution in [0.2, 0.25) is 0 Å². The molecule has 12 nitrogen and oxygen atoms in total. The number of carbonyl (C=O) groups excluding carboxylic acids is 1. The van der Waals surface area contributed by atoms with Crippen molar-refractivity contribution in [3.63, 3.8) is 0 Å². The number of piperidine rings is 1. The lowest BCUT2D eigenvalue weighted by atomic mass is 10.0. The quantitative estimate of drug-likeness (QED) is 0.299. The van der Waals surface area contributed by atoms with E-state index in [4.69, 9.17) is 15.2 Å². The number of nitrogens with two attached hydrogens (primary N) is 1. The van der Waals surface area contributed by atoms with Crippen molar-refractivity contribution >= 4 is 38.9 Å². The van der Waals surface area contributed by atoms with Gasteiger partial charge in [-0.2, -0.15) is 10.2 Å². The Bertz CT molecular complexity index is 1450. The molecule has 39 heavy (non-hydrogen) atoms. The number of halogens is 1. The van der Waals surface area contributed by atoms with Crippen LogP contribution in [0.4, 0.5) is 11.5 Å². The molecule has 13 heteroatoms. The van der Waals surface area contributed by atoms with E-state index in [-0.39, 0.29) is 11.9 Å². The number of methoxy groups -OCH3 is 1. The number of hydrogen-bond acceptors (Lipinski definition) is 9. The molecule has 5 rings (SSSR count). The highest BCUT2D eigenvalue weighted by atomic mass is 79.9. The summed E-state index contributed by atoms with van der Waals surface area (Å²) in [5, 5.41) is 12.0. The number of carbonyl (C=O) groups is 1. The van der Waals surface area contributed by atoms with Crippen molar-refractivity contribution < 1.29 is 14.3 Å². The number of amides is 1. The molecule has 0 radical (unpaired) electrons. The van der Waals surface area contributed by atoms with Crippen LogP contribution in [0.1, 0.15) is 23.3 Å². The van der Waals surface area contributed by atoms with Crippen molar-refractivity contribution in [3.8, 4) is 17.2 Å². The van der Waals surface area contributed by atoms with E-state index in [1.54, 1.807) is 22.5 Å². The third-order valence-corrected chi connectivity index (χ3v) is 7.25. The Hall–Kier alpha value is -3.84. The van der Waals surface area contributed by atoms with Crippen molar-refractivity contribution in [1.29, 1.82) is 0 Å². The first kappa shape index (κ1) is 26.8. The second-order valence-electron chi connectivity index (χ2n) is 9.64. The average molecular weight is 599 g/mol. The number of nitrogen functional groups attached to an aromatic ring is 1. The van der Waals surface area contributed by atoms with Gasteiger partial charge in [-0.15, -0.1) is 0 Å². The molecule has 3 aromatic heterocycles. The van der Waals surface area contributed by atoms with Crippen molar-refractivity contribution in [2.45, 2.75) is 18.9 Å². The van der Waals surface area contributed by atoms with Gasteiger partial charge in [0.2, 0.25) is 0 Å². The molecule has 4 heterocycles. The number of rotatable bonds is 9. The molecule has 1 amide bonds. The second kappa shape index (κ2) is 11.5. The van der Waals surface area contributed by atoms with Crippen molar-refractivity contribution in [2.24, 2.45) is 0 Å². The number of nitrogens with zero attached hydrogens (tertiary/aromatic N) is 7. The van der Waals surface area contributed by atoms with Crippen LogP contribution in [0, 0.1) is 0 Å². The molecule has 4 aromatic rings. The van der Waals surface area contributed by atoms with Gasteiger partial charge in [0.25, 0.3) is 5.91 Å². The molecule has 0 saturated carbocycles. The van der Waals surface area contributed by atoms with Crippen molar-refractivity contribution in [2.75, 3.05) is 58.1 Å². The maximum atomic E-state index is 13.8. The number of likely N-dealkylation sites (N-methyl/N-ethyl adjacent to an activating group) is 1. The summed E-state index contributed by atoms with van der Waals surface area (Å²) in [6.07, 6.45) is 4.77. The van der Waals surface area contributed by atoms with E-state index < -0.39 is 0 Å². The first-order chi connectivity index (χ1) is 18.9. The minimum absolute atomic E-state index is 0.0975. The molecule has 1 saturated heterocycles. The Kier molecular flexibility index (Phi) is 7.89. The Morgan fingerprint density at radius 2 is 2.05 bits per heavy atom. The van der Waals surface area contributed by atoms with E-state index in [9.17, 15) is 4.79 Å². The number of benzene rings is 1. The van der Waals surface area contributed by atoms with Crippen LogP contribution >= 0.6 is 15.9 Å². The molecule has 3 N–H and O–H groups in total. The number of nitrogens with one attached hydrogen (secondary N) is 1. The molecule has 0 spiro atoms. The summed E-state index contributed by atoms with van der Waals surface area (Å²) >= 11 is 3.56. The molecule has 1 aliphatic rings. The molecule has 1 fully saturated rings. The van der Waals surface area contributed by atoms with E-state index in [0.717, 1.165) is 46.6 Å². The highest BCUT2D eigenvalue weighted by Gasteiger charge is 2.28. The summed E-state index contributed by atoms with van der Waals surface area (Å²) in [7, 11) is 5.56. The first-order valence-electron chi connectivity index (χ1n) is 12.7. The van der Waals surface area contributed by atoms with Gasteiger partial charge >= 0.3 is 0 Å². The number of ether oxygens (including phenoxy) is 2. The number of anilines is 2. The van der Waals surface area contributed by atoms with E-state index >= 15 is 0 Å². The summed E-state index contributed by atoms with van der Waals surface area (Å²) in [6, 6.07) is 9.27. The Labute approximate surface area is 234 Å². The predicted octanol–water partition coefficient (Wildman–Crippen LogP) is 2.61. The van der Waals surface area contributed by atoms with Gasteiger partial charge in [-0.1, -0.05) is 0 Å². The molecular formula is C26H32BrN9O3. The number of aromatic nitrogens is 5. The van der Waals surface area contributed by atoms with Crippen LogP contribution in [-0.2, 0) is 0 Å². The zero-order chi connectivity index (χ0) is 27.5. The second-order valence-corrected chi connectivity index (χ2v) is 10.4. The minimum Gasteiger partial charge on any atom is -0.497 e. The van der Waals surface area contributed by atoms with Gasteiger partial charge in [0.1, 0.15) is 28.8 Å². The van der Waals surface area contributed by atoms with Crippen LogP contribution in [0.3, 0.4) is 0 Å². The molecule has 0 unspecified atom stereocenters. The molecule has 0 bridgehead atoms. The van der Waals surface area contributed by atoms with Gasteiger partial charge < -0.3 is 30.3 Å².